The molecule has 2 aromatic carbocycles. The van der Waals surface area contributed by atoms with Crippen LogP contribution in [-0.2, 0) is 54.6 Å². The van der Waals surface area contributed by atoms with E-state index in [1.165, 1.54) is 0 Å². The Kier molecular flexibility index (Phi) is 19.1. The van der Waals surface area contributed by atoms with Crippen molar-refractivity contribution in [2.45, 2.75) is 128 Å². The van der Waals surface area contributed by atoms with Crippen LogP contribution in [0.1, 0.15) is 76.2 Å². The molecule has 4 aromatic rings. The molecule has 4 N–H and O–H groups in total. The molecule has 2 saturated heterocycles. The van der Waals surface area contributed by atoms with Gasteiger partial charge < -0.3 is 40.5 Å². The first kappa shape index (κ1) is 50.8. The number of nitrogens with one attached hydrogen (secondary N) is 4. The summed E-state index contributed by atoms with van der Waals surface area (Å²) in [5.74, 6) is 11.4. The molecule has 0 radical (unpaired) electrons. The van der Waals surface area contributed by atoms with Crippen molar-refractivity contribution in [3.63, 3.8) is 0 Å². The molecule has 2 aliphatic heterocycles. The molecule has 68 heavy (non-hydrogen) atoms. The third-order valence-corrected chi connectivity index (χ3v) is 12.5. The summed E-state index contributed by atoms with van der Waals surface area (Å²) in [5, 5.41) is 36.4. The molecule has 2 aliphatic rings. The molecule has 6 rings (SSSR count). The second-order valence-corrected chi connectivity index (χ2v) is 17.2. The minimum atomic E-state index is -0.987. The standard InChI is InChI=1S/C48H64N14O6/c1-33(49-5)45(63)51-43(47(65)59-25-17-23-39(59)31-61-41(53-55-57-61)29-37-19-11-9-12-20-37)35(3)67-27-15-7-8-16-28-68-36(4)44(52-46(64)34(2)50-6)48(66)60-26-18-24-40(60)32-62-42(54-56-58-62)30-38-21-13-10-14-22-38/h9-14,19-22,33-36,39-40,43-44,49-50H,17-18,23-32H2,1-6H3,(H,51,63)(H,52,64)/t33-,34-,35?,36?,39?,40?,43?,44?/m0/s1. The van der Waals surface area contributed by atoms with Gasteiger partial charge in [0.05, 0.1) is 49.5 Å². The van der Waals surface area contributed by atoms with Gasteiger partial charge in [-0.1, -0.05) is 72.5 Å². The smallest absolute Gasteiger partial charge is 0.248 e. The van der Waals surface area contributed by atoms with E-state index in [-0.39, 0.29) is 48.9 Å². The first-order chi connectivity index (χ1) is 33.0. The lowest BCUT2D eigenvalue weighted by molar-refractivity contribution is -0.141. The van der Waals surface area contributed by atoms with Crippen molar-refractivity contribution in [1.82, 2.24) is 71.5 Å². The predicted octanol–water partition coefficient (Wildman–Crippen LogP) is 0.526. The lowest BCUT2D eigenvalue weighted by Gasteiger charge is -2.32. The Morgan fingerprint density at radius 2 is 1.03 bits per heavy atom. The molecule has 20 nitrogen and oxygen atoms in total. The molecule has 8 atom stereocenters. The number of benzene rings is 2. The Morgan fingerprint density at radius 1 is 0.632 bits per heavy atom. The van der Waals surface area contributed by atoms with Crippen molar-refractivity contribution in [3.05, 3.63) is 83.4 Å². The fraction of sp³-hybridized carbons (Fsp3) is 0.542. The van der Waals surface area contributed by atoms with E-state index in [1.54, 1.807) is 61.0 Å². The van der Waals surface area contributed by atoms with Gasteiger partial charge in [0.25, 0.3) is 0 Å². The molecule has 6 unspecified atom stereocenters. The van der Waals surface area contributed by atoms with Gasteiger partial charge in [0.15, 0.2) is 11.6 Å². The summed E-state index contributed by atoms with van der Waals surface area (Å²) in [6.07, 6.45) is 2.73. The zero-order valence-electron chi connectivity index (χ0n) is 39.8. The van der Waals surface area contributed by atoms with Crippen molar-refractivity contribution >= 4 is 23.6 Å². The highest BCUT2D eigenvalue weighted by molar-refractivity contribution is 5.91. The number of amides is 4. The lowest BCUT2D eigenvalue weighted by atomic mass is 10.1. The van der Waals surface area contributed by atoms with Gasteiger partial charge in [-0.15, -0.1) is 10.2 Å². The third kappa shape index (κ3) is 14.0. The van der Waals surface area contributed by atoms with Crippen LogP contribution in [0.4, 0.5) is 0 Å². The maximum atomic E-state index is 14.3. The van der Waals surface area contributed by atoms with Gasteiger partial charge in [0.1, 0.15) is 25.3 Å². The molecule has 2 aromatic heterocycles. The maximum Gasteiger partial charge on any atom is 0.248 e. The SMILES string of the molecule is CN[C@@H](C)C(=O)NC(C(=O)N1CCCC1Cn1nnnc1Cc1ccccc1)C(C)OCC#CC#CCOC(C)C(NC(=O)[C@H](C)NC)C(=O)N1CCCC1Cn1nnnc1Cc1ccccc1. The monoisotopic (exact) mass is 933 g/mol. The molecule has 0 saturated carbocycles. The van der Waals surface area contributed by atoms with Crippen molar-refractivity contribution in [1.29, 1.82) is 0 Å². The lowest BCUT2D eigenvalue weighted by Crippen LogP contribution is -2.58. The summed E-state index contributed by atoms with van der Waals surface area (Å²) < 4.78 is 15.5. The van der Waals surface area contributed by atoms with Crippen LogP contribution in [0, 0.1) is 23.7 Å². The van der Waals surface area contributed by atoms with Gasteiger partial charge in [0, 0.05) is 25.9 Å². The molecule has 0 spiro atoms. The molecule has 362 valence electrons. The van der Waals surface area contributed by atoms with Gasteiger partial charge in [-0.05, 0) is 111 Å². The van der Waals surface area contributed by atoms with E-state index in [2.05, 4.69) is 76.0 Å². The van der Waals surface area contributed by atoms with Crippen molar-refractivity contribution < 1.29 is 28.7 Å². The average molecular weight is 933 g/mol. The summed E-state index contributed by atoms with van der Waals surface area (Å²) in [5.41, 5.74) is 2.15. The van der Waals surface area contributed by atoms with Gasteiger partial charge in [-0.25, -0.2) is 9.36 Å². The van der Waals surface area contributed by atoms with Crippen LogP contribution in [0.3, 0.4) is 0 Å². The fourth-order valence-corrected chi connectivity index (χ4v) is 8.21. The molecule has 2 fully saturated rings. The summed E-state index contributed by atoms with van der Waals surface area (Å²) >= 11 is 0. The number of carbonyl (C=O) groups is 4. The number of rotatable bonds is 22. The quantitative estimate of drug-likeness (QED) is 0.0789. The Morgan fingerprint density at radius 3 is 1.41 bits per heavy atom. The molecular weight excluding hydrogens is 869 g/mol. The van der Waals surface area contributed by atoms with E-state index < -0.39 is 36.4 Å². The number of hydrogen-bond acceptors (Lipinski definition) is 14. The van der Waals surface area contributed by atoms with E-state index in [0.29, 0.717) is 50.7 Å². The normalized spacial score (nSPS) is 18.3. The van der Waals surface area contributed by atoms with Crippen LogP contribution < -0.4 is 21.3 Å². The minimum Gasteiger partial charge on any atom is -0.363 e. The highest BCUT2D eigenvalue weighted by Crippen LogP contribution is 2.23. The second-order valence-electron chi connectivity index (χ2n) is 17.2. The molecule has 4 amide bonds. The second kappa shape index (κ2) is 25.5. The average Bonchev–Trinajstić information content (AvgIpc) is 4.20. The van der Waals surface area contributed by atoms with Crippen molar-refractivity contribution in [3.8, 4) is 23.7 Å². The largest absolute Gasteiger partial charge is 0.363 e. The highest BCUT2D eigenvalue weighted by Gasteiger charge is 2.39. The van der Waals surface area contributed by atoms with Crippen LogP contribution in [0.25, 0.3) is 0 Å². The molecule has 4 heterocycles. The number of tetrazole rings is 2. The van der Waals surface area contributed by atoms with Crippen LogP contribution >= 0.6 is 0 Å². The third-order valence-electron chi connectivity index (χ3n) is 12.5. The van der Waals surface area contributed by atoms with Crippen LogP contribution in [0.5, 0.6) is 0 Å². The number of nitrogens with zero attached hydrogens (tertiary/aromatic N) is 10. The first-order valence-electron chi connectivity index (χ1n) is 23.3. The number of likely N-dealkylation sites (N-methyl/N-ethyl adjacent to an activating group) is 2. The summed E-state index contributed by atoms with van der Waals surface area (Å²) in [4.78, 5) is 58.3. The van der Waals surface area contributed by atoms with Crippen LogP contribution in [0.15, 0.2) is 60.7 Å². The predicted molar refractivity (Wildman–Crippen MR) is 251 cm³/mol. The number of carbonyl (C=O) groups excluding carboxylic acids is 4. The Hall–Kier alpha value is -6.58. The summed E-state index contributed by atoms with van der Waals surface area (Å²) in [6.45, 7) is 8.62. The minimum absolute atomic E-state index is 0.0626. The number of likely N-dealkylation sites (tertiary alicyclic amines) is 2. The molecule has 20 heteroatoms. The number of ether oxygens (including phenoxy) is 2. The van der Waals surface area contributed by atoms with Gasteiger partial charge in [0.2, 0.25) is 23.6 Å². The number of hydrogen-bond donors (Lipinski definition) is 4. The zero-order chi connectivity index (χ0) is 48.4. The Bertz CT molecular complexity index is 2230. The highest BCUT2D eigenvalue weighted by atomic mass is 16.5. The van der Waals surface area contributed by atoms with E-state index >= 15 is 0 Å². The maximum absolute atomic E-state index is 14.3. The fourth-order valence-electron chi connectivity index (χ4n) is 8.21. The van der Waals surface area contributed by atoms with Crippen molar-refractivity contribution in [2.75, 3.05) is 40.4 Å². The zero-order valence-corrected chi connectivity index (χ0v) is 39.8. The molecule has 0 aliphatic carbocycles. The topological polar surface area (TPSA) is 229 Å². The molecule has 0 bridgehead atoms. The van der Waals surface area contributed by atoms with Gasteiger partial charge >= 0.3 is 0 Å². The number of aromatic nitrogens is 8. The Labute approximate surface area is 398 Å². The van der Waals surface area contributed by atoms with Gasteiger partial charge in [-0.3, -0.25) is 19.2 Å². The Balaban J connectivity index is 1.04. The molecular formula is C48H64N14O6. The van der Waals surface area contributed by atoms with Crippen molar-refractivity contribution in [2.24, 2.45) is 0 Å². The summed E-state index contributed by atoms with van der Waals surface area (Å²) in [6, 6.07) is 16.4. The van der Waals surface area contributed by atoms with Crippen LogP contribution in [-0.4, -0.2) is 163 Å². The van der Waals surface area contributed by atoms with E-state index in [0.717, 1.165) is 36.8 Å². The summed E-state index contributed by atoms with van der Waals surface area (Å²) in [7, 11) is 3.35. The first-order valence-corrected chi connectivity index (χ1v) is 23.3. The van der Waals surface area contributed by atoms with Gasteiger partial charge in [-0.2, -0.15) is 0 Å². The van der Waals surface area contributed by atoms with E-state index in [4.69, 9.17) is 9.47 Å². The van der Waals surface area contributed by atoms with E-state index in [9.17, 15) is 19.2 Å². The van der Waals surface area contributed by atoms with E-state index in [1.807, 2.05) is 60.7 Å². The van der Waals surface area contributed by atoms with Crippen LogP contribution in [0.2, 0.25) is 0 Å².